The number of ether oxygens (including phenoxy) is 1. The van der Waals surface area contributed by atoms with Gasteiger partial charge in [0.25, 0.3) is 0 Å². The molecule has 2 aromatic rings. The van der Waals surface area contributed by atoms with E-state index in [4.69, 9.17) is 4.74 Å². The largest absolute Gasteiger partial charge is 0.460 e. The lowest BCUT2D eigenvalue weighted by Crippen LogP contribution is -2.42. The van der Waals surface area contributed by atoms with Gasteiger partial charge in [-0.15, -0.1) is 11.8 Å². The molecule has 1 aliphatic heterocycles. The summed E-state index contributed by atoms with van der Waals surface area (Å²) in [6.07, 6.45) is 0.906. The first-order chi connectivity index (χ1) is 11.3. The van der Waals surface area contributed by atoms with Crippen LogP contribution in [0.25, 0.3) is 0 Å². The van der Waals surface area contributed by atoms with Crippen LogP contribution >= 0.6 is 11.8 Å². The molecule has 0 aliphatic carbocycles. The standard InChI is InChI=1S/C19H21NO2S/c21-19(14-23-16-9-5-2-6-10-16)22-18-13-20-12-11-17(18)15-7-3-1-4-8-15/h1-10,17-18,20H,11-14H2/t17-,18-/m0/s1. The van der Waals surface area contributed by atoms with Gasteiger partial charge in [0.1, 0.15) is 6.10 Å². The summed E-state index contributed by atoms with van der Waals surface area (Å²) in [6.45, 7) is 1.69. The van der Waals surface area contributed by atoms with Gasteiger partial charge < -0.3 is 10.1 Å². The van der Waals surface area contributed by atoms with E-state index in [1.807, 2.05) is 48.5 Å². The minimum atomic E-state index is -0.145. The fourth-order valence-electron chi connectivity index (χ4n) is 2.90. The van der Waals surface area contributed by atoms with Crippen LogP contribution in [0.5, 0.6) is 0 Å². The molecule has 1 saturated heterocycles. The van der Waals surface area contributed by atoms with Crippen LogP contribution in [0.15, 0.2) is 65.6 Å². The minimum absolute atomic E-state index is 0.0879. The van der Waals surface area contributed by atoms with E-state index in [0.717, 1.165) is 24.4 Å². The van der Waals surface area contributed by atoms with Crippen LogP contribution in [-0.2, 0) is 9.53 Å². The summed E-state index contributed by atoms with van der Waals surface area (Å²) in [4.78, 5) is 13.3. The Kier molecular flexibility index (Phi) is 5.72. The Morgan fingerprint density at radius 1 is 1.09 bits per heavy atom. The highest BCUT2D eigenvalue weighted by molar-refractivity contribution is 8.00. The molecular formula is C19H21NO2S. The number of thioether (sulfide) groups is 1. The van der Waals surface area contributed by atoms with E-state index in [0.29, 0.717) is 5.75 Å². The molecule has 2 aromatic carbocycles. The van der Waals surface area contributed by atoms with E-state index in [9.17, 15) is 4.79 Å². The van der Waals surface area contributed by atoms with Gasteiger partial charge in [-0.25, -0.2) is 0 Å². The Morgan fingerprint density at radius 3 is 2.52 bits per heavy atom. The van der Waals surface area contributed by atoms with Gasteiger partial charge in [0.2, 0.25) is 0 Å². The first-order valence-electron chi connectivity index (χ1n) is 7.96. The highest BCUT2D eigenvalue weighted by Crippen LogP contribution is 2.28. The van der Waals surface area contributed by atoms with E-state index < -0.39 is 0 Å². The van der Waals surface area contributed by atoms with Gasteiger partial charge in [0, 0.05) is 17.4 Å². The number of carbonyl (C=O) groups is 1. The van der Waals surface area contributed by atoms with Crippen LogP contribution < -0.4 is 5.32 Å². The number of benzene rings is 2. The average Bonchev–Trinajstić information content (AvgIpc) is 2.62. The molecule has 0 unspecified atom stereocenters. The third-order valence-electron chi connectivity index (χ3n) is 4.04. The summed E-state index contributed by atoms with van der Waals surface area (Å²) in [5.74, 6) is 0.485. The van der Waals surface area contributed by atoms with Crippen molar-refractivity contribution < 1.29 is 9.53 Å². The molecule has 4 heteroatoms. The Labute approximate surface area is 141 Å². The molecule has 0 bridgehead atoms. The predicted molar refractivity (Wildman–Crippen MR) is 93.7 cm³/mol. The summed E-state index contributed by atoms with van der Waals surface area (Å²) in [5, 5.41) is 3.33. The van der Waals surface area contributed by atoms with Crippen molar-refractivity contribution in [3.05, 3.63) is 66.2 Å². The summed E-state index contributed by atoms with van der Waals surface area (Å²) in [7, 11) is 0. The van der Waals surface area contributed by atoms with Crippen LogP contribution in [0.1, 0.15) is 17.9 Å². The zero-order valence-electron chi connectivity index (χ0n) is 13.0. The van der Waals surface area contributed by atoms with Gasteiger partial charge in [0.05, 0.1) is 5.75 Å². The molecule has 120 valence electrons. The lowest BCUT2D eigenvalue weighted by atomic mass is 9.88. The van der Waals surface area contributed by atoms with Gasteiger partial charge in [-0.3, -0.25) is 4.79 Å². The minimum Gasteiger partial charge on any atom is -0.460 e. The summed E-state index contributed by atoms with van der Waals surface area (Å²) < 4.78 is 5.76. The van der Waals surface area contributed by atoms with Crippen LogP contribution in [-0.4, -0.2) is 30.9 Å². The number of piperidine rings is 1. The second kappa shape index (κ2) is 8.18. The number of hydrogen-bond acceptors (Lipinski definition) is 4. The normalized spacial score (nSPS) is 20.9. The van der Waals surface area contributed by atoms with Crippen LogP contribution in [0, 0.1) is 0 Å². The second-order valence-corrected chi connectivity index (χ2v) is 6.69. The van der Waals surface area contributed by atoms with E-state index in [1.165, 1.54) is 17.3 Å². The Hall–Kier alpha value is -1.78. The number of hydrogen-bond donors (Lipinski definition) is 1. The number of nitrogens with one attached hydrogen (secondary N) is 1. The maximum Gasteiger partial charge on any atom is 0.316 e. The molecule has 2 atom stereocenters. The lowest BCUT2D eigenvalue weighted by Gasteiger charge is -2.32. The predicted octanol–water partition coefficient (Wildman–Crippen LogP) is 3.47. The van der Waals surface area contributed by atoms with Crippen molar-refractivity contribution >= 4 is 17.7 Å². The number of esters is 1. The fraction of sp³-hybridized carbons (Fsp3) is 0.316. The Bertz CT molecular complexity index is 618. The quantitative estimate of drug-likeness (QED) is 0.674. The van der Waals surface area contributed by atoms with Crippen LogP contribution in [0.3, 0.4) is 0 Å². The van der Waals surface area contributed by atoms with E-state index in [-0.39, 0.29) is 18.0 Å². The van der Waals surface area contributed by atoms with Gasteiger partial charge in [-0.05, 0) is 30.7 Å². The number of rotatable bonds is 5. The third kappa shape index (κ3) is 4.60. The molecule has 1 heterocycles. The fourth-order valence-corrected chi connectivity index (χ4v) is 3.60. The zero-order chi connectivity index (χ0) is 15.9. The molecule has 23 heavy (non-hydrogen) atoms. The SMILES string of the molecule is O=C(CSc1ccccc1)O[C@H]1CNCC[C@H]1c1ccccc1. The molecule has 0 spiro atoms. The van der Waals surface area contributed by atoms with Crippen molar-refractivity contribution in [2.45, 2.75) is 23.3 Å². The molecule has 3 rings (SSSR count). The van der Waals surface area contributed by atoms with Crippen molar-refractivity contribution in [3.8, 4) is 0 Å². The highest BCUT2D eigenvalue weighted by atomic mass is 32.2. The average molecular weight is 327 g/mol. The molecule has 0 radical (unpaired) electrons. The summed E-state index contributed by atoms with van der Waals surface area (Å²) in [5.41, 5.74) is 1.25. The van der Waals surface area contributed by atoms with Crippen LogP contribution in [0.4, 0.5) is 0 Å². The Morgan fingerprint density at radius 2 is 1.78 bits per heavy atom. The van der Waals surface area contributed by atoms with Gasteiger partial charge in [0.15, 0.2) is 0 Å². The van der Waals surface area contributed by atoms with Crippen LogP contribution in [0.2, 0.25) is 0 Å². The smallest absolute Gasteiger partial charge is 0.316 e. The molecule has 1 fully saturated rings. The Balaban J connectivity index is 1.57. The monoisotopic (exact) mass is 327 g/mol. The van der Waals surface area contributed by atoms with E-state index in [1.54, 1.807) is 0 Å². The zero-order valence-corrected chi connectivity index (χ0v) is 13.8. The molecule has 0 saturated carbocycles. The van der Waals surface area contributed by atoms with Crippen molar-refractivity contribution in [1.29, 1.82) is 0 Å². The van der Waals surface area contributed by atoms with Crippen molar-refractivity contribution in [3.63, 3.8) is 0 Å². The molecule has 0 aromatic heterocycles. The topological polar surface area (TPSA) is 38.3 Å². The molecule has 0 amide bonds. The summed E-state index contributed by atoms with van der Waals surface area (Å²) >= 11 is 1.52. The highest BCUT2D eigenvalue weighted by Gasteiger charge is 2.29. The maximum atomic E-state index is 12.2. The first-order valence-corrected chi connectivity index (χ1v) is 8.94. The summed E-state index contributed by atoms with van der Waals surface area (Å²) in [6, 6.07) is 20.3. The molecular weight excluding hydrogens is 306 g/mol. The first kappa shape index (κ1) is 16.1. The molecule has 3 nitrogen and oxygen atoms in total. The van der Waals surface area contributed by atoms with Crippen molar-refractivity contribution in [1.82, 2.24) is 5.32 Å². The number of carbonyl (C=O) groups excluding carboxylic acids is 1. The van der Waals surface area contributed by atoms with E-state index >= 15 is 0 Å². The lowest BCUT2D eigenvalue weighted by molar-refractivity contribution is -0.147. The maximum absolute atomic E-state index is 12.2. The van der Waals surface area contributed by atoms with Crippen molar-refractivity contribution in [2.75, 3.05) is 18.8 Å². The van der Waals surface area contributed by atoms with Gasteiger partial charge in [-0.2, -0.15) is 0 Å². The van der Waals surface area contributed by atoms with E-state index in [2.05, 4.69) is 17.4 Å². The second-order valence-electron chi connectivity index (χ2n) is 5.64. The van der Waals surface area contributed by atoms with Crippen molar-refractivity contribution in [2.24, 2.45) is 0 Å². The molecule has 1 N–H and O–H groups in total. The van der Waals surface area contributed by atoms with Gasteiger partial charge in [-0.1, -0.05) is 48.5 Å². The van der Waals surface area contributed by atoms with Gasteiger partial charge >= 0.3 is 5.97 Å². The molecule has 1 aliphatic rings. The third-order valence-corrected chi connectivity index (χ3v) is 5.02.